The van der Waals surface area contributed by atoms with E-state index in [2.05, 4.69) is 21.2 Å². The van der Waals surface area contributed by atoms with Gasteiger partial charge in [0.05, 0.1) is 19.8 Å². The number of anilines is 1. The molecule has 1 atom stereocenters. The normalized spacial score (nSPS) is 12.0. The van der Waals surface area contributed by atoms with Gasteiger partial charge in [0.15, 0.2) is 0 Å². The molecule has 0 aromatic heterocycles. The van der Waals surface area contributed by atoms with Crippen molar-refractivity contribution in [2.75, 3.05) is 19.0 Å². The Morgan fingerprint density at radius 3 is 2.55 bits per heavy atom. The van der Waals surface area contributed by atoms with Crippen molar-refractivity contribution in [3.63, 3.8) is 0 Å². The smallest absolute Gasteiger partial charge is 0.123 e. The number of aliphatic hydroxyl groups is 1. The summed E-state index contributed by atoms with van der Waals surface area (Å²) in [6.45, 7) is -0.145. The van der Waals surface area contributed by atoms with E-state index >= 15 is 0 Å². The molecule has 0 saturated heterocycles. The van der Waals surface area contributed by atoms with Crippen molar-refractivity contribution in [1.29, 1.82) is 0 Å². The highest BCUT2D eigenvalue weighted by atomic mass is 79.9. The molecule has 0 spiro atoms. The first-order valence-corrected chi connectivity index (χ1v) is 6.89. The number of methoxy groups -OCH3 is 1. The zero-order valence-corrected chi connectivity index (χ0v) is 12.5. The molecule has 2 rings (SSSR count). The molecular formula is C15H15BrFNO2. The highest BCUT2D eigenvalue weighted by molar-refractivity contribution is 9.10. The molecule has 0 aliphatic rings. The Labute approximate surface area is 125 Å². The summed E-state index contributed by atoms with van der Waals surface area (Å²) in [6.07, 6.45) is 0. The number of halogens is 2. The van der Waals surface area contributed by atoms with E-state index in [-0.39, 0.29) is 12.4 Å². The number of hydrogen-bond acceptors (Lipinski definition) is 3. The van der Waals surface area contributed by atoms with E-state index in [4.69, 9.17) is 4.74 Å². The third-order valence-corrected chi connectivity index (χ3v) is 3.67. The topological polar surface area (TPSA) is 41.5 Å². The zero-order chi connectivity index (χ0) is 14.5. The van der Waals surface area contributed by atoms with Crippen LogP contribution < -0.4 is 10.1 Å². The summed E-state index contributed by atoms with van der Waals surface area (Å²) in [5, 5.41) is 12.7. The summed E-state index contributed by atoms with van der Waals surface area (Å²) < 4.78 is 19.2. The third kappa shape index (κ3) is 3.49. The fraction of sp³-hybridized carbons (Fsp3) is 0.200. The summed E-state index contributed by atoms with van der Waals surface area (Å²) in [6, 6.07) is 11.3. The summed E-state index contributed by atoms with van der Waals surface area (Å²) in [5.74, 6) is 0.418. The maximum Gasteiger partial charge on any atom is 0.123 e. The molecule has 0 aliphatic carbocycles. The number of benzene rings is 2. The molecule has 0 radical (unpaired) electrons. The minimum atomic E-state index is -0.395. The van der Waals surface area contributed by atoms with Crippen molar-refractivity contribution in [2.24, 2.45) is 0 Å². The van der Waals surface area contributed by atoms with Crippen LogP contribution in [0.5, 0.6) is 5.75 Å². The van der Waals surface area contributed by atoms with Crippen LogP contribution in [0.25, 0.3) is 0 Å². The van der Waals surface area contributed by atoms with E-state index in [1.807, 2.05) is 24.3 Å². The average molecular weight is 340 g/mol. The Hall–Kier alpha value is -1.59. The number of ether oxygens (including phenoxy) is 1. The van der Waals surface area contributed by atoms with Gasteiger partial charge in [-0.15, -0.1) is 0 Å². The van der Waals surface area contributed by atoms with Crippen LogP contribution in [-0.2, 0) is 0 Å². The van der Waals surface area contributed by atoms with Crippen molar-refractivity contribution in [2.45, 2.75) is 6.04 Å². The van der Waals surface area contributed by atoms with Gasteiger partial charge in [-0.05, 0) is 48.0 Å². The molecule has 2 aromatic rings. The Bertz CT molecular complexity index is 575. The predicted molar refractivity (Wildman–Crippen MR) is 80.5 cm³/mol. The molecule has 0 aliphatic heterocycles. The standard InChI is InChI=1S/C15H15BrFNO2/c1-20-12-5-3-11(4-6-12)18-15(9-19)13-8-10(17)2-7-14(13)16/h2-8,15,18-19H,9H2,1H3. The van der Waals surface area contributed by atoms with Gasteiger partial charge in [0, 0.05) is 10.2 Å². The van der Waals surface area contributed by atoms with E-state index < -0.39 is 6.04 Å². The summed E-state index contributed by atoms with van der Waals surface area (Å²) in [7, 11) is 1.60. The molecule has 5 heteroatoms. The van der Waals surface area contributed by atoms with Crippen LogP contribution in [0, 0.1) is 5.82 Å². The second-order valence-corrected chi connectivity index (χ2v) is 5.13. The molecule has 0 fully saturated rings. The van der Waals surface area contributed by atoms with Crippen LogP contribution >= 0.6 is 15.9 Å². The molecule has 1 unspecified atom stereocenters. The molecule has 0 bridgehead atoms. The van der Waals surface area contributed by atoms with Crippen LogP contribution in [0.3, 0.4) is 0 Å². The monoisotopic (exact) mass is 339 g/mol. The van der Waals surface area contributed by atoms with E-state index in [0.717, 1.165) is 15.9 Å². The Balaban J connectivity index is 2.21. The molecule has 0 saturated carbocycles. The van der Waals surface area contributed by atoms with Gasteiger partial charge in [-0.2, -0.15) is 0 Å². The van der Waals surface area contributed by atoms with Crippen molar-refractivity contribution < 1.29 is 14.2 Å². The third-order valence-electron chi connectivity index (χ3n) is 2.95. The molecule has 2 N–H and O–H groups in total. The van der Waals surface area contributed by atoms with Gasteiger partial charge < -0.3 is 15.2 Å². The van der Waals surface area contributed by atoms with Gasteiger partial charge in [-0.25, -0.2) is 4.39 Å². The SMILES string of the molecule is COc1ccc(NC(CO)c2cc(F)ccc2Br)cc1. The quantitative estimate of drug-likeness (QED) is 0.871. The molecule has 0 amide bonds. The fourth-order valence-electron chi connectivity index (χ4n) is 1.89. The molecular weight excluding hydrogens is 325 g/mol. The van der Waals surface area contributed by atoms with Gasteiger partial charge >= 0.3 is 0 Å². The van der Waals surface area contributed by atoms with Gasteiger partial charge in [-0.3, -0.25) is 0 Å². The number of rotatable bonds is 5. The summed E-state index contributed by atoms with van der Waals surface area (Å²) in [5.41, 5.74) is 1.49. The van der Waals surface area contributed by atoms with Gasteiger partial charge in [0.25, 0.3) is 0 Å². The van der Waals surface area contributed by atoms with Crippen molar-refractivity contribution >= 4 is 21.6 Å². The molecule has 2 aromatic carbocycles. The van der Waals surface area contributed by atoms with Crippen LogP contribution in [0.2, 0.25) is 0 Å². The van der Waals surface area contributed by atoms with Crippen molar-refractivity contribution in [3.8, 4) is 5.75 Å². The lowest BCUT2D eigenvalue weighted by Crippen LogP contribution is -2.15. The van der Waals surface area contributed by atoms with E-state index in [1.165, 1.54) is 12.1 Å². The average Bonchev–Trinajstić information content (AvgIpc) is 2.48. The van der Waals surface area contributed by atoms with E-state index in [9.17, 15) is 9.50 Å². The lowest BCUT2D eigenvalue weighted by atomic mass is 10.1. The van der Waals surface area contributed by atoms with Gasteiger partial charge in [0.2, 0.25) is 0 Å². The molecule has 3 nitrogen and oxygen atoms in total. The number of aliphatic hydroxyl groups excluding tert-OH is 1. The van der Waals surface area contributed by atoms with Gasteiger partial charge in [-0.1, -0.05) is 15.9 Å². The van der Waals surface area contributed by atoms with E-state index in [1.54, 1.807) is 13.2 Å². The summed E-state index contributed by atoms with van der Waals surface area (Å²) >= 11 is 3.37. The zero-order valence-electron chi connectivity index (χ0n) is 10.9. The first kappa shape index (κ1) is 14.8. The van der Waals surface area contributed by atoms with Crippen LogP contribution in [-0.4, -0.2) is 18.8 Å². The van der Waals surface area contributed by atoms with Crippen LogP contribution in [0.1, 0.15) is 11.6 Å². The first-order valence-electron chi connectivity index (χ1n) is 6.10. The molecule has 20 heavy (non-hydrogen) atoms. The Morgan fingerprint density at radius 1 is 1.25 bits per heavy atom. The van der Waals surface area contributed by atoms with Gasteiger partial charge in [0.1, 0.15) is 11.6 Å². The Morgan fingerprint density at radius 2 is 1.95 bits per heavy atom. The highest BCUT2D eigenvalue weighted by Gasteiger charge is 2.14. The second kappa shape index (κ2) is 6.72. The second-order valence-electron chi connectivity index (χ2n) is 4.27. The molecule has 0 heterocycles. The highest BCUT2D eigenvalue weighted by Crippen LogP contribution is 2.27. The summed E-state index contributed by atoms with van der Waals surface area (Å²) in [4.78, 5) is 0. The van der Waals surface area contributed by atoms with Crippen LogP contribution in [0.4, 0.5) is 10.1 Å². The van der Waals surface area contributed by atoms with Crippen molar-refractivity contribution in [3.05, 3.63) is 58.3 Å². The van der Waals surface area contributed by atoms with Crippen LogP contribution in [0.15, 0.2) is 46.9 Å². The lowest BCUT2D eigenvalue weighted by Gasteiger charge is -2.19. The number of hydrogen-bond donors (Lipinski definition) is 2. The number of nitrogens with one attached hydrogen (secondary N) is 1. The predicted octanol–water partition coefficient (Wildman–Crippen LogP) is 3.74. The maximum atomic E-state index is 13.3. The minimum Gasteiger partial charge on any atom is -0.497 e. The fourth-order valence-corrected chi connectivity index (χ4v) is 2.41. The first-order chi connectivity index (χ1) is 9.63. The van der Waals surface area contributed by atoms with E-state index in [0.29, 0.717) is 5.56 Å². The largest absolute Gasteiger partial charge is 0.497 e. The Kier molecular flexibility index (Phi) is 4.98. The molecule has 106 valence electrons. The minimum absolute atomic E-state index is 0.145. The lowest BCUT2D eigenvalue weighted by molar-refractivity contribution is 0.276. The maximum absolute atomic E-state index is 13.3. The van der Waals surface area contributed by atoms with Crippen molar-refractivity contribution in [1.82, 2.24) is 0 Å².